The van der Waals surface area contributed by atoms with Crippen molar-refractivity contribution < 1.29 is 4.90 Å². The lowest BCUT2D eigenvalue weighted by atomic mass is 10.4. The van der Waals surface area contributed by atoms with E-state index in [1.54, 1.807) is 4.90 Å². The molecule has 76 valence electrons. The molecule has 0 aromatic heterocycles. The molecule has 1 saturated heterocycles. The number of nitrogens with one attached hydrogen (secondary N) is 1. The van der Waals surface area contributed by atoms with Gasteiger partial charge in [0.1, 0.15) is 0 Å². The van der Waals surface area contributed by atoms with Crippen molar-refractivity contribution in [3.05, 3.63) is 30.3 Å². The number of likely N-dealkylation sites (N-methyl/N-ethyl adjacent to an activating group) is 1. The van der Waals surface area contributed by atoms with Gasteiger partial charge in [-0.05, 0) is 24.1 Å². The number of hydrogen-bond acceptors (Lipinski definition) is 2. The first-order chi connectivity index (χ1) is 6.84. The zero-order valence-electron chi connectivity index (χ0n) is 8.57. The quantitative estimate of drug-likeness (QED) is 0.710. The van der Waals surface area contributed by atoms with Crippen molar-refractivity contribution in [1.29, 1.82) is 0 Å². The molecule has 0 aliphatic carbocycles. The summed E-state index contributed by atoms with van der Waals surface area (Å²) in [6.45, 7) is 4.93. The molecule has 1 heterocycles. The fraction of sp³-hybridized carbons (Fsp3) is 0.455. The van der Waals surface area contributed by atoms with Gasteiger partial charge in [-0.3, -0.25) is 0 Å². The topological polar surface area (TPSA) is 7.68 Å². The number of quaternary nitrogens is 1. The SMILES string of the molecule is C[NH+]1CCN(Sc2ccccc2)CC1. The Kier molecular flexibility index (Phi) is 3.45. The molecule has 2 rings (SSSR count). The monoisotopic (exact) mass is 209 g/mol. The van der Waals surface area contributed by atoms with E-state index in [0.717, 1.165) is 0 Å². The van der Waals surface area contributed by atoms with Gasteiger partial charge in [0.05, 0.1) is 33.2 Å². The van der Waals surface area contributed by atoms with Crippen LogP contribution in [0.4, 0.5) is 0 Å². The van der Waals surface area contributed by atoms with E-state index in [2.05, 4.69) is 41.7 Å². The minimum Gasteiger partial charge on any atom is -0.335 e. The Balaban J connectivity index is 1.87. The van der Waals surface area contributed by atoms with Gasteiger partial charge < -0.3 is 4.90 Å². The third-order valence-corrected chi connectivity index (χ3v) is 3.66. The Morgan fingerprint density at radius 2 is 1.79 bits per heavy atom. The van der Waals surface area contributed by atoms with E-state index in [-0.39, 0.29) is 0 Å². The summed E-state index contributed by atoms with van der Waals surface area (Å²) in [7, 11) is 2.27. The summed E-state index contributed by atoms with van der Waals surface area (Å²) in [4.78, 5) is 3.00. The first-order valence-electron chi connectivity index (χ1n) is 5.14. The Bertz CT molecular complexity index is 268. The summed E-state index contributed by atoms with van der Waals surface area (Å²) >= 11 is 1.89. The zero-order valence-corrected chi connectivity index (χ0v) is 9.39. The van der Waals surface area contributed by atoms with Gasteiger partial charge in [-0.1, -0.05) is 18.2 Å². The molecule has 0 saturated carbocycles. The third-order valence-electron chi connectivity index (χ3n) is 2.55. The standard InChI is InChI=1S/C11H16N2S/c1-12-7-9-13(10-8-12)14-11-5-3-2-4-6-11/h2-6H,7-10H2,1H3/p+1. The second-order valence-electron chi connectivity index (χ2n) is 3.79. The Labute approximate surface area is 90.0 Å². The van der Waals surface area contributed by atoms with Crippen LogP contribution in [0.25, 0.3) is 0 Å². The number of rotatable bonds is 2. The van der Waals surface area contributed by atoms with Crippen LogP contribution in [0.2, 0.25) is 0 Å². The lowest BCUT2D eigenvalue weighted by Crippen LogP contribution is -3.11. The number of benzene rings is 1. The minimum absolute atomic E-state index is 1.20. The minimum atomic E-state index is 1.20. The first kappa shape index (κ1) is 10.0. The molecule has 0 bridgehead atoms. The fourth-order valence-electron chi connectivity index (χ4n) is 1.59. The highest BCUT2D eigenvalue weighted by atomic mass is 32.2. The van der Waals surface area contributed by atoms with E-state index >= 15 is 0 Å². The van der Waals surface area contributed by atoms with Gasteiger partial charge in [-0.2, -0.15) is 0 Å². The maximum Gasteiger partial charge on any atom is 0.0908 e. The van der Waals surface area contributed by atoms with Crippen molar-refractivity contribution in [2.75, 3.05) is 33.2 Å². The molecule has 1 aromatic rings. The number of hydrogen-bond donors (Lipinski definition) is 1. The number of nitrogens with zero attached hydrogens (tertiary/aromatic N) is 1. The molecule has 0 unspecified atom stereocenters. The Morgan fingerprint density at radius 1 is 1.14 bits per heavy atom. The molecule has 1 N–H and O–H groups in total. The normalized spacial score (nSPS) is 19.8. The molecule has 0 amide bonds. The van der Waals surface area contributed by atoms with Crippen LogP contribution in [0.1, 0.15) is 0 Å². The van der Waals surface area contributed by atoms with Crippen molar-refractivity contribution in [2.45, 2.75) is 4.90 Å². The van der Waals surface area contributed by atoms with Crippen molar-refractivity contribution in [3.8, 4) is 0 Å². The van der Waals surface area contributed by atoms with E-state index in [1.807, 2.05) is 11.9 Å². The van der Waals surface area contributed by atoms with Crippen LogP contribution in [-0.2, 0) is 0 Å². The Morgan fingerprint density at radius 3 is 2.43 bits per heavy atom. The van der Waals surface area contributed by atoms with Gasteiger partial charge in [-0.15, -0.1) is 0 Å². The molecule has 0 radical (unpaired) electrons. The second kappa shape index (κ2) is 4.82. The van der Waals surface area contributed by atoms with E-state index in [0.29, 0.717) is 0 Å². The van der Waals surface area contributed by atoms with Crippen LogP contribution in [-0.4, -0.2) is 37.5 Å². The molecule has 14 heavy (non-hydrogen) atoms. The lowest BCUT2D eigenvalue weighted by Gasteiger charge is -2.28. The van der Waals surface area contributed by atoms with Crippen LogP contribution in [0.3, 0.4) is 0 Å². The predicted molar refractivity (Wildman–Crippen MR) is 60.5 cm³/mol. The largest absolute Gasteiger partial charge is 0.335 e. The molecule has 2 nitrogen and oxygen atoms in total. The average molecular weight is 209 g/mol. The highest BCUT2D eigenvalue weighted by Gasteiger charge is 2.16. The lowest BCUT2D eigenvalue weighted by molar-refractivity contribution is -0.883. The summed E-state index contributed by atoms with van der Waals surface area (Å²) in [6.07, 6.45) is 0. The molecular weight excluding hydrogens is 192 g/mol. The molecule has 0 spiro atoms. The van der Waals surface area contributed by atoms with Crippen LogP contribution in [0.15, 0.2) is 35.2 Å². The van der Waals surface area contributed by atoms with Gasteiger partial charge in [0.25, 0.3) is 0 Å². The summed E-state index contributed by atoms with van der Waals surface area (Å²) in [5.74, 6) is 0. The van der Waals surface area contributed by atoms with E-state index < -0.39 is 0 Å². The smallest absolute Gasteiger partial charge is 0.0908 e. The first-order valence-corrected chi connectivity index (χ1v) is 5.91. The maximum absolute atomic E-state index is 2.46. The molecule has 1 aromatic carbocycles. The van der Waals surface area contributed by atoms with Gasteiger partial charge in [0.2, 0.25) is 0 Å². The van der Waals surface area contributed by atoms with Crippen LogP contribution < -0.4 is 4.90 Å². The summed E-state index contributed by atoms with van der Waals surface area (Å²) in [6, 6.07) is 10.6. The molecule has 0 atom stereocenters. The molecular formula is C11H17N2S+. The second-order valence-corrected chi connectivity index (χ2v) is 4.96. The van der Waals surface area contributed by atoms with Gasteiger partial charge >= 0.3 is 0 Å². The highest BCUT2D eigenvalue weighted by Crippen LogP contribution is 2.21. The van der Waals surface area contributed by atoms with Gasteiger partial charge in [0, 0.05) is 4.90 Å². The number of piperazine rings is 1. The van der Waals surface area contributed by atoms with Crippen LogP contribution in [0.5, 0.6) is 0 Å². The summed E-state index contributed by atoms with van der Waals surface area (Å²) in [5.41, 5.74) is 0. The van der Waals surface area contributed by atoms with E-state index in [9.17, 15) is 0 Å². The van der Waals surface area contributed by atoms with Crippen molar-refractivity contribution in [2.24, 2.45) is 0 Å². The molecule has 1 aliphatic rings. The average Bonchev–Trinajstić information content (AvgIpc) is 2.23. The van der Waals surface area contributed by atoms with Crippen LogP contribution >= 0.6 is 11.9 Å². The molecule has 3 heteroatoms. The summed E-state index contributed by atoms with van der Waals surface area (Å²) < 4.78 is 2.46. The van der Waals surface area contributed by atoms with Gasteiger partial charge in [0.15, 0.2) is 0 Å². The molecule has 1 fully saturated rings. The zero-order chi connectivity index (χ0) is 9.80. The fourth-order valence-corrected chi connectivity index (χ4v) is 2.53. The van der Waals surface area contributed by atoms with Crippen LogP contribution in [0, 0.1) is 0 Å². The van der Waals surface area contributed by atoms with Crippen molar-refractivity contribution in [1.82, 2.24) is 4.31 Å². The Hall–Kier alpha value is -0.510. The van der Waals surface area contributed by atoms with Crippen molar-refractivity contribution >= 4 is 11.9 Å². The van der Waals surface area contributed by atoms with Crippen molar-refractivity contribution in [3.63, 3.8) is 0 Å². The molecule has 1 aliphatic heterocycles. The maximum atomic E-state index is 2.46. The highest BCUT2D eigenvalue weighted by molar-refractivity contribution is 7.97. The van der Waals surface area contributed by atoms with Gasteiger partial charge in [-0.25, -0.2) is 4.31 Å². The summed E-state index contributed by atoms with van der Waals surface area (Å²) in [5, 5.41) is 0. The van der Waals surface area contributed by atoms with E-state index in [1.165, 1.54) is 31.1 Å². The predicted octanol–water partition coefficient (Wildman–Crippen LogP) is 0.524. The third kappa shape index (κ3) is 2.74. The van der Waals surface area contributed by atoms with E-state index in [4.69, 9.17) is 0 Å².